The van der Waals surface area contributed by atoms with Gasteiger partial charge in [0.2, 0.25) is 5.91 Å². The number of hydrogen-bond donors (Lipinski definition) is 12. The van der Waals surface area contributed by atoms with Gasteiger partial charge in [-0.2, -0.15) is 0 Å². The maximum Gasteiger partial charge on any atom is 0.220 e. The quantitative estimate of drug-likeness (QED) is 0.0199. The fourth-order valence-electron chi connectivity index (χ4n) is 13.6. The normalized spacial score (nSPS) is 26.4. The Hall–Kier alpha value is -3.29. The number of aliphatic hydroxyl groups is 11. The lowest BCUT2D eigenvalue weighted by atomic mass is 9.96. The number of unbranched alkanes of at least 4 members (excludes halogenated alkanes) is 33. The first-order valence-corrected chi connectivity index (χ1v) is 41.5. The zero-order valence-electron chi connectivity index (χ0n) is 64.5. The molecule has 3 rings (SSSR count). The summed E-state index contributed by atoms with van der Waals surface area (Å²) in [7, 11) is 0. The minimum Gasteiger partial charge on any atom is -0.394 e. The molecule has 17 atom stereocenters. The van der Waals surface area contributed by atoms with Crippen LogP contribution in [0.5, 0.6) is 0 Å². The SMILES string of the molecule is CC/C=C\C/C=C\C/C=C\C/C=C\C/C=C\C/C=C\C/C=C\C/C=C\CCCCC(=O)NC(COC1OC(CO)C(OC2OC(CO)C(OC3OC(CO)C(O)C(O)C3O)C(O)C2O)C(O)C1O)C(O)CCCCCCCCCCCCCCCCCCCCCCCCCCCCCCCCCC. The molecule has 3 saturated heterocycles. The highest BCUT2D eigenvalue weighted by molar-refractivity contribution is 5.76. The van der Waals surface area contributed by atoms with Gasteiger partial charge in [-0.1, -0.05) is 317 Å². The van der Waals surface area contributed by atoms with Crippen LogP contribution in [-0.2, 0) is 33.2 Å². The van der Waals surface area contributed by atoms with Crippen LogP contribution in [0.1, 0.15) is 303 Å². The van der Waals surface area contributed by atoms with Crippen molar-refractivity contribution in [2.45, 2.75) is 407 Å². The molecule has 3 fully saturated rings. The van der Waals surface area contributed by atoms with Crippen LogP contribution in [0.2, 0.25) is 0 Å². The molecule has 104 heavy (non-hydrogen) atoms. The van der Waals surface area contributed by atoms with Crippen LogP contribution in [-0.4, -0.2) is 193 Å². The standard InChI is InChI=1S/C85H149NO18/c1-3-5-7-9-11-13-15-17-19-21-23-25-27-29-31-32-33-34-35-37-38-40-42-44-46-48-50-52-54-56-58-60-62-69(90)68(86-73(91)63-61-59-57-55-53-51-49-47-45-43-41-39-36-30-28-26-24-22-20-18-16-14-12-10-8-6-4-2)67-99-83-79(97)76(94)81(71(65-88)101-83)104-85-80(98)77(95)82(72(66-89)102-85)103-84-78(96)75(93)74(92)70(64-87)100-84/h6,8,12,14,18,20,24,26,30,36,41,43,47,49,53,55,68-72,74-85,87-90,92-98H,3-5,7,9-11,13,15-17,19,21-23,25,27-29,31-35,37-40,42,44-46,48,50-52,54,56-67H2,1-2H3,(H,86,91)/b8-6-,14-12-,20-18-,26-24-,36-30-,43-41-,49-47-,55-53-. The maximum atomic E-state index is 13.5. The van der Waals surface area contributed by atoms with Gasteiger partial charge >= 0.3 is 0 Å². The van der Waals surface area contributed by atoms with Crippen molar-refractivity contribution >= 4 is 5.91 Å². The van der Waals surface area contributed by atoms with E-state index in [9.17, 15) is 61.0 Å². The highest BCUT2D eigenvalue weighted by Crippen LogP contribution is 2.33. The van der Waals surface area contributed by atoms with E-state index in [0.717, 1.165) is 83.5 Å². The second-order valence-electron chi connectivity index (χ2n) is 29.2. The average molecular weight is 1470 g/mol. The second-order valence-corrected chi connectivity index (χ2v) is 29.2. The Balaban J connectivity index is 1.38. The van der Waals surface area contributed by atoms with Crippen molar-refractivity contribution in [3.8, 4) is 0 Å². The fourth-order valence-corrected chi connectivity index (χ4v) is 13.6. The van der Waals surface area contributed by atoms with Gasteiger partial charge in [0.1, 0.15) is 73.2 Å². The van der Waals surface area contributed by atoms with Gasteiger partial charge in [-0.3, -0.25) is 4.79 Å². The van der Waals surface area contributed by atoms with Gasteiger partial charge in [-0.15, -0.1) is 0 Å². The molecule has 0 spiro atoms. The number of carbonyl (C=O) groups is 1. The lowest BCUT2D eigenvalue weighted by molar-refractivity contribution is -0.379. The summed E-state index contributed by atoms with van der Waals surface area (Å²) in [4.78, 5) is 13.5. The summed E-state index contributed by atoms with van der Waals surface area (Å²) >= 11 is 0. The summed E-state index contributed by atoms with van der Waals surface area (Å²) < 4.78 is 34.5. The van der Waals surface area contributed by atoms with E-state index in [-0.39, 0.29) is 18.9 Å². The number of rotatable bonds is 65. The monoisotopic (exact) mass is 1470 g/mol. The molecule has 3 aliphatic rings. The molecule has 0 aromatic rings. The number of allylic oxidation sites excluding steroid dienone is 16. The zero-order chi connectivity index (χ0) is 75.3. The minimum absolute atomic E-state index is 0.205. The molecular formula is C85H149NO18. The summed E-state index contributed by atoms with van der Waals surface area (Å²) in [6.07, 6.45) is 60.7. The first kappa shape index (κ1) is 94.9. The molecule has 19 nitrogen and oxygen atoms in total. The van der Waals surface area contributed by atoms with Gasteiger partial charge in [0, 0.05) is 6.42 Å². The van der Waals surface area contributed by atoms with Gasteiger partial charge in [0.05, 0.1) is 38.6 Å². The van der Waals surface area contributed by atoms with Crippen molar-refractivity contribution < 1.29 is 89.4 Å². The van der Waals surface area contributed by atoms with Crippen molar-refractivity contribution in [3.63, 3.8) is 0 Å². The Morgan fingerprint density at radius 3 is 1.02 bits per heavy atom. The van der Waals surface area contributed by atoms with E-state index in [2.05, 4.69) is 116 Å². The molecule has 0 aromatic carbocycles. The largest absolute Gasteiger partial charge is 0.394 e. The van der Waals surface area contributed by atoms with E-state index in [1.165, 1.54) is 180 Å². The molecule has 0 aliphatic carbocycles. The fraction of sp³-hybridized carbons (Fsp3) is 0.800. The molecule has 0 saturated carbocycles. The van der Waals surface area contributed by atoms with Gasteiger partial charge in [-0.25, -0.2) is 0 Å². The van der Waals surface area contributed by atoms with Crippen LogP contribution in [0.15, 0.2) is 97.2 Å². The third-order valence-electron chi connectivity index (χ3n) is 20.2. The summed E-state index contributed by atoms with van der Waals surface area (Å²) in [5.74, 6) is -0.285. The Kier molecular flexibility index (Phi) is 58.9. The van der Waals surface area contributed by atoms with E-state index in [4.69, 9.17) is 28.4 Å². The zero-order valence-corrected chi connectivity index (χ0v) is 64.5. The number of aliphatic hydroxyl groups excluding tert-OH is 11. The summed E-state index contributed by atoms with van der Waals surface area (Å²) in [5, 5.41) is 121. The van der Waals surface area contributed by atoms with Gasteiger partial charge in [0.25, 0.3) is 0 Å². The van der Waals surface area contributed by atoms with Crippen LogP contribution < -0.4 is 5.32 Å². The van der Waals surface area contributed by atoms with Crippen molar-refractivity contribution in [1.29, 1.82) is 0 Å². The Morgan fingerprint density at radius 1 is 0.356 bits per heavy atom. The van der Waals surface area contributed by atoms with Crippen LogP contribution in [0.25, 0.3) is 0 Å². The first-order valence-electron chi connectivity index (χ1n) is 41.5. The predicted molar refractivity (Wildman–Crippen MR) is 415 cm³/mol. The number of amides is 1. The van der Waals surface area contributed by atoms with Crippen molar-refractivity contribution in [1.82, 2.24) is 5.32 Å². The van der Waals surface area contributed by atoms with Gasteiger partial charge in [0.15, 0.2) is 18.9 Å². The lowest BCUT2D eigenvalue weighted by Crippen LogP contribution is -2.66. The smallest absolute Gasteiger partial charge is 0.220 e. The minimum atomic E-state index is -1.98. The van der Waals surface area contributed by atoms with Crippen molar-refractivity contribution in [2.24, 2.45) is 0 Å². The van der Waals surface area contributed by atoms with E-state index >= 15 is 0 Å². The Morgan fingerprint density at radius 2 is 0.663 bits per heavy atom. The number of carbonyl (C=O) groups excluding carboxylic acids is 1. The summed E-state index contributed by atoms with van der Waals surface area (Å²) in [6, 6.07) is -0.921. The number of ether oxygens (including phenoxy) is 6. The van der Waals surface area contributed by atoms with E-state index < -0.39 is 124 Å². The molecule has 17 unspecified atom stereocenters. The van der Waals surface area contributed by atoms with Crippen molar-refractivity contribution in [3.05, 3.63) is 97.2 Å². The third-order valence-corrected chi connectivity index (χ3v) is 20.2. The lowest BCUT2D eigenvalue weighted by Gasteiger charge is -2.48. The Bertz CT molecular complexity index is 2260. The van der Waals surface area contributed by atoms with Gasteiger partial charge < -0.3 is 89.9 Å². The molecule has 12 N–H and O–H groups in total. The summed E-state index contributed by atoms with van der Waals surface area (Å²) in [6.45, 7) is 1.68. The average Bonchev–Trinajstić information content (AvgIpc) is 0.783. The topological polar surface area (TPSA) is 307 Å². The molecular weight excluding hydrogens is 1320 g/mol. The van der Waals surface area contributed by atoms with Crippen molar-refractivity contribution in [2.75, 3.05) is 26.4 Å². The molecule has 3 aliphatic heterocycles. The van der Waals surface area contributed by atoms with Crippen LogP contribution in [0, 0.1) is 0 Å². The maximum absolute atomic E-state index is 13.5. The van der Waals surface area contributed by atoms with Gasteiger partial charge in [-0.05, 0) is 77.0 Å². The first-order chi connectivity index (χ1) is 50.8. The molecule has 1 amide bonds. The molecule has 602 valence electrons. The Labute approximate surface area is 628 Å². The van der Waals surface area contributed by atoms with E-state index in [1.807, 2.05) is 0 Å². The molecule has 0 aromatic heterocycles. The predicted octanol–water partition coefficient (Wildman–Crippen LogP) is 14.3. The highest BCUT2D eigenvalue weighted by Gasteiger charge is 2.54. The highest BCUT2D eigenvalue weighted by atomic mass is 16.8. The third kappa shape index (κ3) is 43.8. The molecule has 0 radical (unpaired) electrons. The van der Waals surface area contributed by atoms with Crippen LogP contribution in [0.4, 0.5) is 0 Å². The number of nitrogens with one attached hydrogen (secondary N) is 1. The van der Waals surface area contributed by atoms with Crippen LogP contribution in [0.3, 0.4) is 0 Å². The second kappa shape index (κ2) is 64.5. The van der Waals surface area contributed by atoms with Crippen LogP contribution >= 0.6 is 0 Å². The van der Waals surface area contributed by atoms with E-state index in [0.29, 0.717) is 19.3 Å². The number of hydrogen-bond acceptors (Lipinski definition) is 18. The van der Waals surface area contributed by atoms with E-state index in [1.54, 1.807) is 0 Å². The summed E-state index contributed by atoms with van der Waals surface area (Å²) in [5.41, 5.74) is 0. The molecule has 0 bridgehead atoms. The molecule has 19 heteroatoms. The molecule has 3 heterocycles.